The van der Waals surface area contributed by atoms with Crippen LogP contribution in [-0.4, -0.2) is 9.97 Å². The lowest BCUT2D eigenvalue weighted by atomic mass is 10.3. The van der Waals surface area contributed by atoms with E-state index in [0.717, 1.165) is 16.1 Å². The lowest BCUT2D eigenvalue weighted by Gasteiger charge is -2.03. The highest BCUT2D eigenvalue weighted by atomic mass is 35.5. The second kappa shape index (κ2) is 3.67. The lowest BCUT2D eigenvalue weighted by Crippen LogP contribution is -1.95. The molecule has 0 aromatic carbocycles. The number of aromatic nitrogens is 2. The molecule has 0 aliphatic carbocycles. The Kier molecular flexibility index (Phi) is 2.52. The topological polar surface area (TPSA) is 25.8 Å². The average molecular weight is 225 g/mol. The Morgan fingerprint density at radius 1 is 1.29 bits per heavy atom. The average Bonchev–Trinajstić information content (AvgIpc) is 2.66. The van der Waals surface area contributed by atoms with Crippen LogP contribution in [0.5, 0.6) is 0 Å². The Hall–Kier alpha value is -0.930. The number of rotatable bonds is 1. The molecular formula is C10H9ClN2S. The summed E-state index contributed by atoms with van der Waals surface area (Å²) in [5.41, 5.74) is 1.89. The largest absolute Gasteiger partial charge is 0.232 e. The number of hydrogen-bond donors (Lipinski definition) is 0. The Labute approximate surface area is 91.6 Å². The summed E-state index contributed by atoms with van der Waals surface area (Å²) in [7, 11) is 0. The van der Waals surface area contributed by atoms with Gasteiger partial charge in [-0.1, -0.05) is 17.7 Å². The predicted molar refractivity (Wildman–Crippen MR) is 59.8 cm³/mol. The first-order valence-electron chi connectivity index (χ1n) is 4.23. The van der Waals surface area contributed by atoms with Crippen LogP contribution in [0.4, 0.5) is 0 Å². The molecule has 0 fully saturated rings. The second-order valence-corrected chi connectivity index (χ2v) is 4.33. The van der Waals surface area contributed by atoms with Crippen LogP contribution in [0.15, 0.2) is 17.5 Å². The maximum Gasteiger partial charge on any atom is 0.171 e. The maximum atomic E-state index is 5.99. The van der Waals surface area contributed by atoms with Gasteiger partial charge in [-0.25, -0.2) is 9.97 Å². The quantitative estimate of drug-likeness (QED) is 0.694. The van der Waals surface area contributed by atoms with Gasteiger partial charge in [-0.2, -0.15) is 0 Å². The molecule has 4 heteroatoms. The van der Waals surface area contributed by atoms with E-state index in [2.05, 4.69) is 9.97 Å². The summed E-state index contributed by atoms with van der Waals surface area (Å²) < 4.78 is 0. The molecule has 0 saturated carbocycles. The molecule has 2 aromatic rings. The van der Waals surface area contributed by atoms with E-state index < -0.39 is 0 Å². The molecule has 0 atom stereocenters. The van der Waals surface area contributed by atoms with Gasteiger partial charge in [0.1, 0.15) is 5.15 Å². The molecule has 2 nitrogen and oxygen atoms in total. The van der Waals surface area contributed by atoms with Gasteiger partial charge >= 0.3 is 0 Å². The molecule has 0 radical (unpaired) electrons. The fourth-order valence-electron chi connectivity index (χ4n) is 1.11. The van der Waals surface area contributed by atoms with E-state index in [4.69, 9.17) is 11.6 Å². The molecule has 0 unspecified atom stereocenters. The van der Waals surface area contributed by atoms with Crippen molar-refractivity contribution in [3.63, 3.8) is 0 Å². The van der Waals surface area contributed by atoms with Crippen molar-refractivity contribution in [3.05, 3.63) is 33.9 Å². The fraction of sp³-hybridized carbons (Fsp3) is 0.200. The van der Waals surface area contributed by atoms with Gasteiger partial charge in [0.25, 0.3) is 0 Å². The Bertz CT molecular complexity index is 428. The first-order chi connectivity index (χ1) is 6.68. The summed E-state index contributed by atoms with van der Waals surface area (Å²) in [6, 6.07) is 3.97. The Morgan fingerprint density at radius 3 is 2.64 bits per heavy atom. The second-order valence-electron chi connectivity index (χ2n) is 3.03. The monoisotopic (exact) mass is 224 g/mol. The van der Waals surface area contributed by atoms with Crippen molar-refractivity contribution in [2.24, 2.45) is 0 Å². The minimum absolute atomic E-state index is 0.543. The fourth-order valence-corrected chi connectivity index (χ4v) is 1.98. The van der Waals surface area contributed by atoms with E-state index in [1.807, 2.05) is 31.4 Å². The van der Waals surface area contributed by atoms with Crippen molar-refractivity contribution in [2.45, 2.75) is 13.8 Å². The van der Waals surface area contributed by atoms with Crippen LogP contribution in [0.1, 0.15) is 11.3 Å². The van der Waals surface area contributed by atoms with Gasteiger partial charge in [-0.05, 0) is 25.3 Å². The van der Waals surface area contributed by atoms with Crippen molar-refractivity contribution in [2.75, 3.05) is 0 Å². The van der Waals surface area contributed by atoms with Crippen molar-refractivity contribution in [1.82, 2.24) is 9.97 Å². The third-order valence-electron chi connectivity index (χ3n) is 2.07. The van der Waals surface area contributed by atoms with Gasteiger partial charge in [0.05, 0.1) is 4.88 Å². The SMILES string of the molecule is Cc1nc(-c2cccs2)nc(Cl)c1C. The van der Waals surface area contributed by atoms with Crippen LogP contribution < -0.4 is 0 Å². The zero-order valence-electron chi connectivity index (χ0n) is 7.91. The van der Waals surface area contributed by atoms with Crippen molar-refractivity contribution in [1.29, 1.82) is 0 Å². The van der Waals surface area contributed by atoms with Gasteiger partial charge in [0.2, 0.25) is 0 Å². The van der Waals surface area contributed by atoms with Crippen molar-refractivity contribution < 1.29 is 0 Å². The third-order valence-corrected chi connectivity index (χ3v) is 3.31. The van der Waals surface area contributed by atoms with Crippen LogP contribution in [0.2, 0.25) is 5.15 Å². The standard InChI is InChI=1S/C10H9ClN2S/c1-6-7(2)12-10(13-9(6)11)8-4-3-5-14-8/h3-5H,1-2H3. The van der Waals surface area contributed by atoms with Crippen molar-refractivity contribution >= 4 is 22.9 Å². The van der Waals surface area contributed by atoms with Gasteiger partial charge in [-0.15, -0.1) is 11.3 Å². The van der Waals surface area contributed by atoms with Gasteiger partial charge in [0.15, 0.2) is 5.82 Å². The molecule has 0 saturated heterocycles. The molecule has 14 heavy (non-hydrogen) atoms. The first kappa shape index (κ1) is 9.62. The Balaban J connectivity index is 2.57. The van der Waals surface area contributed by atoms with E-state index in [1.54, 1.807) is 11.3 Å². The summed E-state index contributed by atoms with van der Waals surface area (Å²) in [6.45, 7) is 3.87. The summed E-state index contributed by atoms with van der Waals surface area (Å²) in [5.74, 6) is 0.716. The van der Waals surface area contributed by atoms with Crippen LogP contribution in [0.3, 0.4) is 0 Å². The number of aryl methyl sites for hydroxylation is 1. The molecule has 0 N–H and O–H groups in total. The lowest BCUT2D eigenvalue weighted by molar-refractivity contribution is 1.08. The highest BCUT2D eigenvalue weighted by Gasteiger charge is 2.07. The first-order valence-corrected chi connectivity index (χ1v) is 5.49. The zero-order valence-corrected chi connectivity index (χ0v) is 9.49. The van der Waals surface area contributed by atoms with Gasteiger partial charge < -0.3 is 0 Å². The molecule has 0 aliphatic heterocycles. The molecule has 0 spiro atoms. The van der Waals surface area contributed by atoms with Crippen LogP contribution >= 0.6 is 22.9 Å². The van der Waals surface area contributed by atoms with E-state index in [1.165, 1.54) is 0 Å². The molecular weight excluding hydrogens is 216 g/mol. The third kappa shape index (κ3) is 1.65. The summed E-state index contributed by atoms with van der Waals surface area (Å²) >= 11 is 7.61. The number of thiophene rings is 1. The summed E-state index contributed by atoms with van der Waals surface area (Å²) in [6.07, 6.45) is 0. The molecule has 0 bridgehead atoms. The summed E-state index contributed by atoms with van der Waals surface area (Å²) in [5, 5.41) is 2.54. The molecule has 0 amide bonds. The molecule has 2 heterocycles. The minimum Gasteiger partial charge on any atom is -0.232 e. The van der Waals surface area contributed by atoms with E-state index in [9.17, 15) is 0 Å². The number of hydrogen-bond acceptors (Lipinski definition) is 3. The van der Waals surface area contributed by atoms with E-state index in [0.29, 0.717) is 11.0 Å². The molecule has 72 valence electrons. The van der Waals surface area contributed by atoms with Gasteiger partial charge in [-0.3, -0.25) is 0 Å². The smallest absolute Gasteiger partial charge is 0.171 e. The van der Waals surface area contributed by atoms with E-state index in [-0.39, 0.29) is 0 Å². The van der Waals surface area contributed by atoms with Crippen molar-refractivity contribution in [3.8, 4) is 10.7 Å². The van der Waals surface area contributed by atoms with Crippen LogP contribution in [0, 0.1) is 13.8 Å². The van der Waals surface area contributed by atoms with Crippen LogP contribution in [0.25, 0.3) is 10.7 Å². The highest BCUT2D eigenvalue weighted by Crippen LogP contribution is 2.24. The number of halogens is 1. The number of nitrogens with zero attached hydrogens (tertiary/aromatic N) is 2. The van der Waals surface area contributed by atoms with Gasteiger partial charge in [0, 0.05) is 11.3 Å². The summed E-state index contributed by atoms with van der Waals surface area (Å²) in [4.78, 5) is 9.68. The highest BCUT2D eigenvalue weighted by molar-refractivity contribution is 7.13. The maximum absolute atomic E-state index is 5.99. The zero-order chi connectivity index (χ0) is 10.1. The van der Waals surface area contributed by atoms with E-state index >= 15 is 0 Å². The molecule has 0 aliphatic rings. The molecule has 2 aromatic heterocycles. The minimum atomic E-state index is 0.543. The predicted octanol–water partition coefficient (Wildman–Crippen LogP) is 3.48. The van der Waals surface area contributed by atoms with Crippen LogP contribution in [-0.2, 0) is 0 Å². The molecule has 2 rings (SSSR count). The Morgan fingerprint density at radius 2 is 2.07 bits per heavy atom. The normalized spacial score (nSPS) is 10.5.